The molecule has 0 bridgehead atoms. The number of aryl methyl sites for hydroxylation is 2. The summed E-state index contributed by atoms with van der Waals surface area (Å²) in [5, 5.41) is 2.93. The maximum absolute atomic E-state index is 13.2. The molecule has 2 heterocycles. The Hall–Kier alpha value is -3.42. The van der Waals surface area contributed by atoms with Crippen LogP contribution in [0.25, 0.3) is 11.0 Å². The molecule has 8 heteroatoms. The van der Waals surface area contributed by atoms with Gasteiger partial charge in [-0.25, -0.2) is 9.78 Å². The van der Waals surface area contributed by atoms with Crippen LogP contribution in [-0.2, 0) is 6.54 Å². The van der Waals surface area contributed by atoms with Gasteiger partial charge in [-0.1, -0.05) is 26.8 Å². The van der Waals surface area contributed by atoms with Crippen LogP contribution in [0.4, 0.5) is 11.4 Å². The summed E-state index contributed by atoms with van der Waals surface area (Å²) in [6.45, 7) is 8.04. The maximum Gasteiger partial charge on any atom is 0.329 e. The van der Waals surface area contributed by atoms with E-state index >= 15 is 0 Å². The van der Waals surface area contributed by atoms with Gasteiger partial charge in [-0.3, -0.25) is 19.1 Å². The van der Waals surface area contributed by atoms with Crippen LogP contribution >= 0.6 is 0 Å². The molecule has 4 N–H and O–H groups in total. The van der Waals surface area contributed by atoms with Crippen molar-refractivity contribution in [3.63, 3.8) is 0 Å². The molecule has 0 fully saturated rings. The molecule has 0 radical (unpaired) electrons. The summed E-state index contributed by atoms with van der Waals surface area (Å²) in [6, 6.07) is 6.83. The zero-order valence-corrected chi connectivity index (χ0v) is 17.0. The molecule has 0 aliphatic carbocycles. The van der Waals surface area contributed by atoms with E-state index in [-0.39, 0.29) is 22.5 Å². The van der Waals surface area contributed by atoms with Gasteiger partial charge in [0.05, 0.1) is 10.9 Å². The number of aromatic nitrogens is 3. The Balaban J connectivity index is 2.26. The van der Waals surface area contributed by atoms with Crippen molar-refractivity contribution >= 4 is 28.3 Å². The van der Waals surface area contributed by atoms with Gasteiger partial charge in [0.2, 0.25) is 0 Å². The van der Waals surface area contributed by atoms with Gasteiger partial charge in [-0.05, 0) is 43.0 Å². The number of amides is 1. The lowest BCUT2D eigenvalue weighted by atomic mass is 10.0. The minimum Gasteiger partial charge on any atom is -0.399 e. The summed E-state index contributed by atoms with van der Waals surface area (Å²) in [5.41, 5.74) is 7.61. The van der Waals surface area contributed by atoms with E-state index in [4.69, 9.17) is 5.73 Å². The minimum atomic E-state index is -0.630. The number of rotatable bonds is 5. The fourth-order valence-corrected chi connectivity index (χ4v) is 3.16. The zero-order valence-electron chi connectivity index (χ0n) is 17.0. The van der Waals surface area contributed by atoms with Crippen LogP contribution in [0.15, 0.2) is 33.9 Å². The number of hydrogen-bond acceptors (Lipinski definition) is 5. The lowest BCUT2D eigenvalue weighted by Gasteiger charge is -2.15. The molecule has 0 aliphatic heterocycles. The molecular formula is C21H25N5O3. The normalized spacial score (nSPS) is 11.2. The summed E-state index contributed by atoms with van der Waals surface area (Å²) < 4.78 is 1.41. The van der Waals surface area contributed by atoms with E-state index in [1.165, 1.54) is 4.57 Å². The number of nitrogens with one attached hydrogen (secondary N) is 2. The number of anilines is 2. The number of nitrogen functional groups attached to an aromatic ring is 1. The first-order valence-corrected chi connectivity index (χ1v) is 9.58. The highest BCUT2D eigenvalue weighted by Crippen LogP contribution is 2.23. The van der Waals surface area contributed by atoms with Gasteiger partial charge in [-0.15, -0.1) is 0 Å². The van der Waals surface area contributed by atoms with Crippen LogP contribution in [-0.4, -0.2) is 20.4 Å². The Labute approximate surface area is 167 Å². The van der Waals surface area contributed by atoms with Gasteiger partial charge in [0.25, 0.3) is 11.5 Å². The number of carbonyl (C=O) groups excluding carboxylic acids is 1. The van der Waals surface area contributed by atoms with Gasteiger partial charge in [0.15, 0.2) is 5.65 Å². The van der Waals surface area contributed by atoms with Crippen molar-refractivity contribution in [2.45, 2.75) is 46.6 Å². The van der Waals surface area contributed by atoms with Crippen molar-refractivity contribution in [1.82, 2.24) is 14.5 Å². The summed E-state index contributed by atoms with van der Waals surface area (Å²) in [6.07, 6.45) is 0.679. The summed E-state index contributed by atoms with van der Waals surface area (Å²) in [4.78, 5) is 45.0. The third kappa shape index (κ3) is 3.91. The van der Waals surface area contributed by atoms with E-state index in [0.717, 1.165) is 5.56 Å². The van der Waals surface area contributed by atoms with E-state index in [2.05, 4.69) is 15.3 Å². The second-order valence-electron chi connectivity index (χ2n) is 7.39. The van der Waals surface area contributed by atoms with Gasteiger partial charge < -0.3 is 11.1 Å². The van der Waals surface area contributed by atoms with E-state index in [1.807, 2.05) is 27.7 Å². The first-order chi connectivity index (χ1) is 13.7. The smallest absolute Gasteiger partial charge is 0.329 e. The summed E-state index contributed by atoms with van der Waals surface area (Å²) in [5.74, 6) is -0.454. The predicted octanol–water partition coefficient (Wildman–Crippen LogP) is 2.76. The van der Waals surface area contributed by atoms with Crippen molar-refractivity contribution in [3.05, 3.63) is 61.9 Å². The second kappa shape index (κ2) is 7.90. The van der Waals surface area contributed by atoms with Crippen molar-refractivity contribution in [2.75, 3.05) is 11.1 Å². The maximum atomic E-state index is 13.2. The molecule has 0 atom stereocenters. The number of nitrogens with zero attached hydrogens (tertiary/aromatic N) is 2. The molecule has 0 saturated heterocycles. The third-order valence-electron chi connectivity index (χ3n) is 4.76. The fraction of sp³-hybridized carbons (Fsp3) is 0.333. The van der Waals surface area contributed by atoms with Crippen LogP contribution in [0, 0.1) is 6.92 Å². The van der Waals surface area contributed by atoms with E-state index in [1.54, 1.807) is 24.3 Å². The van der Waals surface area contributed by atoms with Gasteiger partial charge in [-0.2, -0.15) is 0 Å². The number of H-pyrrole nitrogens is 1. The molecule has 0 spiro atoms. The highest BCUT2D eigenvalue weighted by Gasteiger charge is 2.21. The Morgan fingerprint density at radius 1 is 1.28 bits per heavy atom. The molecule has 3 aromatic rings. The average molecular weight is 395 g/mol. The number of benzene rings is 1. The molecule has 29 heavy (non-hydrogen) atoms. The van der Waals surface area contributed by atoms with E-state index < -0.39 is 17.2 Å². The van der Waals surface area contributed by atoms with Crippen molar-refractivity contribution < 1.29 is 4.79 Å². The molecule has 1 aromatic carbocycles. The standard InChI is InChI=1S/C21H25N5O3/c1-5-8-26-18-17(20(28)25-21(26)29)14(10-15(23-18)11(2)3)19(27)24-16-9-13(22)7-6-12(16)4/h6-7,9-11H,5,8,22H2,1-4H3,(H,24,27)(H,25,28,29). The Bertz CT molecular complexity index is 1210. The number of nitrogens with two attached hydrogens (primary N) is 1. The Kier molecular flexibility index (Phi) is 5.54. The zero-order chi connectivity index (χ0) is 21.3. The highest BCUT2D eigenvalue weighted by atomic mass is 16.2. The third-order valence-corrected chi connectivity index (χ3v) is 4.76. The largest absolute Gasteiger partial charge is 0.399 e. The lowest BCUT2D eigenvalue weighted by molar-refractivity contribution is 0.102. The second-order valence-corrected chi connectivity index (χ2v) is 7.39. The topological polar surface area (TPSA) is 123 Å². The Morgan fingerprint density at radius 3 is 2.66 bits per heavy atom. The monoisotopic (exact) mass is 395 g/mol. The van der Waals surface area contributed by atoms with Crippen molar-refractivity contribution in [2.24, 2.45) is 0 Å². The van der Waals surface area contributed by atoms with Crippen LogP contribution in [0.2, 0.25) is 0 Å². The summed E-state index contributed by atoms with van der Waals surface area (Å²) >= 11 is 0. The SMILES string of the molecule is CCCn1c(=O)[nH]c(=O)c2c(C(=O)Nc3cc(N)ccc3C)cc(C(C)C)nc21. The van der Waals surface area contributed by atoms with Crippen LogP contribution in [0.3, 0.4) is 0 Å². The van der Waals surface area contributed by atoms with Gasteiger partial charge in [0.1, 0.15) is 0 Å². The van der Waals surface area contributed by atoms with Crippen molar-refractivity contribution in [3.8, 4) is 0 Å². The number of pyridine rings is 1. The minimum absolute atomic E-state index is 0.00419. The highest BCUT2D eigenvalue weighted by molar-refractivity contribution is 6.12. The summed E-state index contributed by atoms with van der Waals surface area (Å²) in [7, 11) is 0. The van der Waals surface area contributed by atoms with E-state index in [0.29, 0.717) is 30.0 Å². The molecular weight excluding hydrogens is 370 g/mol. The lowest BCUT2D eigenvalue weighted by Crippen LogP contribution is -2.32. The molecule has 0 saturated carbocycles. The number of fused-ring (bicyclic) bond motifs is 1. The number of hydrogen-bond donors (Lipinski definition) is 3. The number of aromatic amines is 1. The first kappa shape index (κ1) is 20.3. The molecule has 152 valence electrons. The molecule has 1 amide bonds. The molecule has 0 aliphatic rings. The van der Waals surface area contributed by atoms with Crippen LogP contribution < -0.4 is 22.3 Å². The van der Waals surface area contributed by atoms with Crippen LogP contribution in [0.5, 0.6) is 0 Å². The fourth-order valence-electron chi connectivity index (χ4n) is 3.16. The quantitative estimate of drug-likeness (QED) is 0.573. The van der Waals surface area contributed by atoms with Crippen LogP contribution in [0.1, 0.15) is 54.7 Å². The van der Waals surface area contributed by atoms with Crippen molar-refractivity contribution in [1.29, 1.82) is 0 Å². The first-order valence-electron chi connectivity index (χ1n) is 9.58. The molecule has 3 rings (SSSR count). The Morgan fingerprint density at radius 2 is 2.00 bits per heavy atom. The van der Waals surface area contributed by atoms with Gasteiger partial charge in [0, 0.05) is 23.6 Å². The predicted molar refractivity (Wildman–Crippen MR) is 115 cm³/mol. The average Bonchev–Trinajstić information content (AvgIpc) is 2.66. The van der Waals surface area contributed by atoms with Gasteiger partial charge >= 0.3 is 5.69 Å². The number of carbonyl (C=O) groups is 1. The molecule has 0 unspecified atom stereocenters. The molecule has 8 nitrogen and oxygen atoms in total. The molecule has 2 aromatic heterocycles. The van der Waals surface area contributed by atoms with E-state index in [9.17, 15) is 14.4 Å².